The van der Waals surface area contributed by atoms with Gasteiger partial charge in [0, 0.05) is 27.2 Å². The maximum absolute atomic E-state index is 12.7. The first-order valence-electron chi connectivity index (χ1n) is 9.38. The molecular weight excluding hydrogens is 346 g/mol. The van der Waals surface area contributed by atoms with Crippen LogP contribution in [0.15, 0.2) is 22.9 Å². The van der Waals surface area contributed by atoms with Crippen molar-refractivity contribution in [3.63, 3.8) is 0 Å². The lowest BCUT2D eigenvalue weighted by atomic mass is 9.59. The number of piperidine rings is 1. The predicted octanol–water partition coefficient (Wildman–Crippen LogP) is 2.14. The number of carbonyl (C=O) groups excluding carboxylic acids is 2. The summed E-state index contributed by atoms with van der Waals surface area (Å²) in [5, 5.41) is 8.28. The van der Waals surface area contributed by atoms with E-state index in [9.17, 15) is 9.59 Å². The molecule has 3 heterocycles. The summed E-state index contributed by atoms with van der Waals surface area (Å²) in [6, 6.07) is 1.99. The van der Waals surface area contributed by atoms with Crippen LogP contribution in [0.3, 0.4) is 0 Å². The van der Waals surface area contributed by atoms with E-state index in [2.05, 4.69) is 10.3 Å². The number of aromatic nitrogens is 3. The molecule has 1 aliphatic carbocycles. The maximum atomic E-state index is 12.7. The van der Waals surface area contributed by atoms with Crippen LogP contribution in [0.5, 0.6) is 0 Å². The van der Waals surface area contributed by atoms with Crippen molar-refractivity contribution < 1.29 is 14.0 Å². The first-order valence-corrected chi connectivity index (χ1v) is 9.38. The summed E-state index contributed by atoms with van der Waals surface area (Å²) in [5.74, 6) is 0.583. The van der Waals surface area contributed by atoms with Crippen molar-refractivity contribution in [2.24, 2.45) is 5.41 Å². The highest BCUT2D eigenvalue weighted by atomic mass is 16.3. The molecule has 27 heavy (non-hydrogen) atoms. The van der Waals surface area contributed by atoms with E-state index in [0.717, 1.165) is 38.8 Å². The highest BCUT2D eigenvalue weighted by Crippen LogP contribution is 2.56. The quantitative estimate of drug-likeness (QED) is 0.825. The Kier molecular flexibility index (Phi) is 4.28. The van der Waals surface area contributed by atoms with Crippen LogP contribution < -0.4 is 0 Å². The molecule has 2 aromatic rings. The van der Waals surface area contributed by atoms with E-state index in [1.807, 2.05) is 16.5 Å². The van der Waals surface area contributed by atoms with E-state index in [4.69, 9.17) is 4.42 Å². The van der Waals surface area contributed by atoms with E-state index in [1.165, 1.54) is 4.90 Å². The predicted molar refractivity (Wildman–Crippen MR) is 97.3 cm³/mol. The Morgan fingerprint density at radius 2 is 2.00 bits per heavy atom. The van der Waals surface area contributed by atoms with E-state index in [-0.39, 0.29) is 23.3 Å². The topological polar surface area (TPSA) is 84.5 Å². The third kappa shape index (κ3) is 2.93. The molecule has 2 aliphatic rings. The second-order valence-electron chi connectivity index (χ2n) is 7.88. The van der Waals surface area contributed by atoms with Crippen molar-refractivity contribution in [2.45, 2.75) is 38.6 Å². The number of furan rings is 1. The van der Waals surface area contributed by atoms with Gasteiger partial charge in [-0.05, 0) is 44.1 Å². The zero-order chi connectivity index (χ0) is 19.2. The van der Waals surface area contributed by atoms with Crippen LogP contribution in [0, 0.1) is 12.3 Å². The summed E-state index contributed by atoms with van der Waals surface area (Å²) in [6.07, 6.45) is 7.37. The van der Waals surface area contributed by atoms with Crippen LogP contribution in [0.25, 0.3) is 0 Å². The van der Waals surface area contributed by atoms with Crippen LogP contribution in [0.2, 0.25) is 0 Å². The van der Waals surface area contributed by atoms with Crippen molar-refractivity contribution >= 4 is 11.8 Å². The summed E-state index contributed by atoms with van der Waals surface area (Å²) < 4.78 is 7.13. The van der Waals surface area contributed by atoms with Gasteiger partial charge in [0.05, 0.1) is 24.1 Å². The van der Waals surface area contributed by atoms with Crippen LogP contribution in [-0.2, 0) is 0 Å². The summed E-state index contributed by atoms with van der Waals surface area (Å²) in [6.45, 7) is 3.29. The molecule has 1 aliphatic heterocycles. The molecule has 2 amide bonds. The molecule has 0 radical (unpaired) electrons. The Bertz CT molecular complexity index is 860. The molecule has 0 aromatic carbocycles. The minimum Gasteiger partial charge on any atom is -0.469 e. The molecule has 1 spiro atoms. The molecule has 1 saturated carbocycles. The molecule has 0 bridgehead atoms. The minimum absolute atomic E-state index is 0.0478. The Balaban J connectivity index is 1.43. The normalized spacial score (nSPS) is 21.1. The van der Waals surface area contributed by atoms with Crippen LogP contribution in [0.4, 0.5) is 0 Å². The van der Waals surface area contributed by atoms with E-state index in [0.29, 0.717) is 17.0 Å². The molecule has 2 aromatic heterocycles. The average Bonchev–Trinajstić information content (AvgIpc) is 3.29. The lowest BCUT2D eigenvalue weighted by Crippen LogP contribution is -2.51. The SMILES string of the molecule is Cc1occc1C(=O)N1CCC2(CCC2n2cc(C(=O)N(C)C)nn2)CC1. The van der Waals surface area contributed by atoms with Gasteiger partial charge in [0.15, 0.2) is 5.69 Å². The fourth-order valence-corrected chi connectivity index (χ4v) is 4.37. The van der Waals surface area contributed by atoms with Crippen LogP contribution >= 0.6 is 0 Å². The molecule has 8 heteroatoms. The lowest BCUT2D eigenvalue weighted by Gasteiger charge is -2.53. The highest BCUT2D eigenvalue weighted by Gasteiger charge is 2.50. The fourth-order valence-electron chi connectivity index (χ4n) is 4.37. The van der Waals surface area contributed by atoms with E-state index >= 15 is 0 Å². The first-order chi connectivity index (χ1) is 12.9. The van der Waals surface area contributed by atoms with E-state index < -0.39 is 0 Å². The smallest absolute Gasteiger partial charge is 0.275 e. The molecule has 2 fully saturated rings. The van der Waals surface area contributed by atoms with Gasteiger partial charge in [-0.3, -0.25) is 9.59 Å². The average molecular weight is 371 g/mol. The molecule has 8 nitrogen and oxygen atoms in total. The van der Waals surface area contributed by atoms with Gasteiger partial charge >= 0.3 is 0 Å². The Morgan fingerprint density at radius 3 is 2.56 bits per heavy atom. The molecule has 0 N–H and O–H groups in total. The molecule has 4 rings (SSSR count). The highest BCUT2D eigenvalue weighted by molar-refractivity contribution is 5.95. The standard InChI is InChI=1S/C19H25N5O3/c1-13-14(5-11-27-13)17(25)23-9-7-19(8-10-23)6-4-16(19)24-12-15(20-21-24)18(26)22(2)3/h5,11-12,16H,4,6-10H2,1-3H3. The van der Waals surface area contributed by atoms with Crippen molar-refractivity contribution in [3.8, 4) is 0 Å². The third-order valence-electron chi connectivity index (χ3n) is 6.21. The van der Waals surface area contributed by atoms with Gasteiger partial charge in [-0.25, -0.2) is 4.68 Å². The summed E-state index contributed by atoms with van der Waals surface area (Å²) in [4.78, 5) is 28.2. The maximum Gasteiger partial charge on any atom is 0.275 e. The fraction of sp³-hybridized carbons (Fsp3) is 0.579. The van der Waals surface area contributed by atoms with Gasteiger partial charge in [-0.15, -0.1) is 5.10 Å². The van der Waals surface area contributed by atoms with Gasteiger partial charge in [-0.1, -0.05) is 5.21 Å². The second kappa shape index (κ2) is 6.51. The van der Waals surface area contributed by atoms with Crippen LogP contribution in [0.1, 0.15) is 58.3 Å². The Morgan fingerprint density at radius 1 is 1.26 bits per heavy atom. The first kappa shape index (κ1) is 17.8. The third-order valence-corrected chi connectivity index (χ3v) is 6.21. The largest absolute Gasteiger partial charge is 0.469 e. The molecule has 1 atom stereocenters. The monoisotopic (exact) mass is 371 g/mol. The van der Waals surface area contributed by atoms with Crippen molar-refractivity contribution in [1.29, 1.82) is 0 Å². The van der Waals surface area contributed by atoms with Crippen molar-refractivity contribution in [1.82, 2.24) is 24.8 Å². The molecule has 144 valence electrons. The van der Waals surface area contributed by atoms with E-state index in [1.54, 1.807) is 32.6 Å². The van der Waals surface area contributed by atoms with Gasteiger partial charge in [0.1, 0.15) is 5.76 Å². The van der Waals surface area contributed by atoms with Gasteiger partial charge in [-0.2, -0.15) is 0 Å². The van der Waals surface area contributed by atoms with Crippen molar-refractivity contribution in [3.05, 3.63) is 35.5 Å². The lowest BCUT2D eigenvalue weighted by molar-refractivity contribution is -0.0268. The van der Waals surface area contributed by atoms with Gasteiger partial charge < -0.3 is 14.2 Å². The number of likely N-dealkylation sites (tertiary alicyclic amines) is 1. The number of aryl methyl sites for hydroxylation is 1. The number of carbonyl (C=O) groups is 2. The van der Waals surface area contributed by atoms with Crippen LogP contribution in [-0.4, -0.2) is 63.8 Å². The summed E-state index contributed by atoms with van der Waals surface area (Å²) >= 11 is 0. The van der Waals surface area contributed by atoms with Gasteiger partial charge in [0.2, 0.25) is 0 Å². The molecule has 1 unspecified atom stereocenters. The Labute approximate surface area is 158 Å². The minimum atomic E-state index is -0.134. The summed E-state index contributed by atoms with van der Waals surface area (Å²) in [5.41, 5.74) is 1.18. The Hall–Kier alpha value is -2.64. The van der Waals surface area contributed by atoms with Crippen molar-refractivity contribution in [2.75, 3.05) is 27.2 Å². The second-order valence-corrected chi connectivity index (χ2v) is 7.88. The molecule has 1 saturated heterocycles. The number of hydrogen-bond donors (Lipinski definition) is 0. The number of amides is 2. The number of rotatable bonds is 3. The zero-order valence-electron chi connectivity index (χ0n) is 16.0. The number of hydrogen-bond acceptors (Lipinski definition) is 5. The zero-order valence-corrected chi connectivity index (χ0v) is 16.0. The van der Waals surface area contributed by atoms with Gasteiger partial charge in [0.25, 0.3) is 11.8 Å². The molecular formula is C19H25N5O3. The summed E-state index contributed by atoms with van der Waals surface area (Å²) in [7, 11) is 3.42. The number of nitrogens with zero attached hydrogens (tertiary/aromatic N) is 5.